The maximum absolute atomic E-state index is 13.6. The highest BCUT2D eigenvalue weighted by Crippen LogP contribution is 2.40. The highest BCUT2D eigenvalue weighted by atomic mass is 35.5. The Morgan fingerprint density at radius 1 is 1.03 bits per heavy atom. The number of H-pyrrole nitrogens is 1. The summed E-state index contributed by atoms with van der Waals surface area (Å²) in [5, 5.41) is 7.93. The fraction of sp³-hybridized carbons (Fsp3) is 0.350. The molecule has 0 spiro atoms. The molecule has 1 aliphatic rings. The normalized spacial score (nSPS) is 15.8. The van der Waals surface area contributed by atoms with Gasteiger partial charge in [0.25, 0.3) is 0 Å². The van der Waals surface area contributed by atoms with Gasteiger partial charge in [-0.2, -0.15) is 9.40 Å². The van der Waals surface area contributed by atoms with E-state index in [1.165, 1.54) is 11.3 Å². The van der Waals surface area contributed by atoms with Crippen LogP contribution in [0.3, 0.4) is 0 Å². The molecule has 6 nitrogen and oxygen atoms in total. The zero-order valence-electron chi connectivity index (χ0n) is 16.6. The zero-order chi connectivity index (χ0) is 20.8. The van der Waals surface area contributed by atoms with Gasteiger partial charge in [-0.25, -0.2) is 8.42 Å². The minimum absolute atomic E-state index is 0.395. The molecule has 0 aliphatic carbocycles. The number of piperazine rings is 1. The molecule has 0 amide bonds. The highest BCUT2D eigenvalue weighted by Gasteiger charge is 2.34. The molecule has 1 fully saturated rings. The molecule has 3 aromatic rings. The van der Waals surface area contributed by atoms with E-state index in [2.05, 4.69) is 15.1 Å². The van der Waals surface area contributed by atoms with Gasteiger partial charge in [0.1, 0.15) is 4.90 Å². The molecule has 154 valence electrons. The number of rotatable bonds is 4. The van der Waals surface area contributed by atoms with Crippen LogP contribution in [-0.4, -0.2) is 49.1 Å². The summed E-state index contributed by atoms with van der Waals surface area (Å²) in [6.07, 6.45) is 0. The lowest BCUT2D eigenvalue weighted by atomic mass is 10.2. The second-order valence-electron chi connectivity index (χ2n) is 7.22. The number of thiophene rings is 1. The van der Waals surface area contributed by atoms with Gasteiger partial charge in [0.2, 0.25) is 10.0 Å². The minimum atomic E-state index is -3.61. The van der Waals surface area contributed by atoms with Crippen molar-refractivity contribution < 1.29 is 8.42 Å². The SMILES string of the molecule is Cc1cc(-c2c(C)sc(C)c2S(=O)(=O)N2CCN(c3ccc(Cl)cc3)CC2)n[nH]1. The molecule has 1 aromatic carbocycles. The number of anilines is 1. The van der Waals surface area contributed by atoms with Crippen LogP contribution < -0.4 is 4.90 Å². The van der Waals surface area contributed by atoms with Crippen LogP contribution in [0.15, 0.2) is 35.2 Å². The molecule has 0 saturated carbocycles. The molecule has 1 saturated heterocycles. The van der Waals surface area contributed by atoms with E-state index in [0.29, 0.717) is 41.8 Å². The summed E-state index contributed by atoms with van der Waals surface area (Å²) in [6.45, 7) is 7.90. The van der Waals surface area contributed by atoms with Crippen LogP contribution in [0.1, 0.15) is 15.4 Å². The van der Waals surface area contributed by atoms with Gasteiger partial charge in [0, 0.05) is 57.9 Å². The van der Waals surface area contributed by atoms with Crippen LogP contribution in [0.25, 0.3) is 11.3 Å². The fourth-order valence-corrected chi connectivity index (χ4v) is 7.16. The molecule has 29 heavy (non-hydrogen) atoms. The Hall–Kier alpha value is -1.87. The van der Waals surface area contributed by atoms with Gasteiger partial charge in [-0.05, 0) is 51.1 Å². The third-order valence-corrected chi connectivity index (χ3v) is 8.67. The van der Waals surface area contributed by atoms with Crippen molar-refractivity contribution in [2.45, 2.75) is 25.7 Å². The highest BCUT2D eigenvalue weighted by molar-refractivity contribution is 7.89. The van der Waals surface area contributed by atoms with Crippen molar-refractivity contribution >= 4 is 38.6 Å². The monoisotopic (exact) mass is 450 g/mol. The molecule has 1 aliphatic heterocycles. The van der Waals surface area contributed by atoms with Crippen LogP contribution >= 0.6 is 22.9 Å². The van der Waals surface area contributed by atoms with Crippen molar-refractivity contribution in [3.8, 4) is 11.3 Å². The zero-order valence-corrected chi connectivity index (χ0v) is 19.0. The largest absolute Gasteiger partial charge is 0.369 e. The van der Waals surface area contributed by atoms with Crippen LogP contribution in [0.5, 0.6) is 0 Å². The van der Waals surface area contributed by atoms with Gasteiger partial charge in [-0.3, -0.25) is 5.10 Å². The molecule has 3 heterocycles. The quantitative estimate of drug-likeness (QED) is 0.645. The van der Waals surface area contributed by atoms with Crippen molar-refractivity contribution in [3.05, 3.63) is 50.8 Å². The molecular weight excluding hydrogens is 428 g/mol. The van der Waals surface area contributed by atoms with Crippen LogP contribution in [-0.2, 0) is 10.0 Å². The average molecular weight is 451 g/mol. The molecule has 9 heteroatoms. The Balaban J connectivity index is 1.61. The number of aromatic nitrogens is 2. The fourth-order valence-electron chi connectivity index (χ4n) is 3.78. The summed E-state index contributed by atoms with van der Waals surface area (Å²) in [6, 6.07) is 9.55. The van der Waals surface area contributed by atoms with E-state index in [0.717, 1.165) is 26.7 Å². The third kappa shape index (κ3) is 3.82. The van der Waals surface area contributed by atoms with Crippen molar-refractivity contribution in [1.29, 1.82) is 0 Å². The molecule has 0 bridgehead atoms. The number of nitrogens with zero attached hydrogens (tertiary/aromatic N) is 3. The lowest BCUT2D eigenvalue weighted by Gasteiger charge is -2.35. The topological polar surface area (TPSA) is 69.3 Å². The molecule has 0 radical (unpaired) electrons. The number of halogens is 1. The summed E-state index contributed by atoms with van der Waals surface area (Å²) in [7, 11) is -3.61. The number of nitrogens with one attached hydrogen (secondary N) is 1. The Kier molecular flexibility index (Phi) is 5.46. The van der Waals surface area contributed by atoms with Gasteiger partial charge in [0.15, 0.2) is 0 Å². The van der Waals surface area contributed by atoms with Crippen molar-refractivity contribution in [2.75, 3.05) is 31.1 Å². The maximum atomic E-state index is 13.6. The van der Waals surface area contributed by atoms with Crippen LogP contribution in [0.4, 0.5) is 5.69 Å². The number of hydrogen-bond acceptors (Lipinski definition) is 5. The van der Waals surface area contributed by atoms with E-state index in [1.807, 2.05) is 51.1 Å². The molecule has 0 unspecified atom stereocenters. The summed E-state index contributed by atoms with van der Waals surface area (Å²) in [5.74, 6) is 0. The maximum Gasteiger partial charge on any atom is 0.244 e. The summed E-state index contributed by atoms with van der Waals surface area (Å²) >= 11 is 7.48. The smallest absolute Gasteiger partial charge is 0.244 e. The van der Waals surface area contributed by atoms with Crippen molar-refractivity contribution in [3.63, 3.8) is 0 Å². The Bertz CT molecular complexity index is 1130. The van der Waals surface area contributed by atoms with Gasteiger partial charge in [-0.15, -0.1) is 11.3 Å². The first kappa shape index (κ1) is 20.4. The lowest BCUT2D eigenvalue weighted by Crippen LogP contribution is -2.48. The van der Waals surface area contributed by atoms with Gasteiger partial charge < -0.3 is 4.90 Å². The van der Waals surface area contributed by atoms with E-state index in [9.17, 15) is 8.42 Å². The van der Waals surface area contributed by atoms with Crippen molar-refractivity contribution in [1.82, 2.24) is 14.5 Å². The second kappa shape index (κ2) is 7.75. The van der Waals surface area contributed by atoms with E-state index < -0.39 is 10.0 Å². The number of sulfonamides is 1. The van der Waals surface area contributed by atoms with E-state index >= 15 is 0 Å². The predicted octanol–water partition coefficient (Wildman–Crippen LogP) is 4.23. The second-order valence-corrected chi connectivity index (χ2v) is 11.0. The lowest BCUT2D eigenvalue weighted by molar-refractivity contribution is 0.385. The molecule has 1 N–H and O–H groups in total. The molecular formula is C20H23ClN4O2S2. The Morgan fingerprint density at radius 2 is 1.69 bits per heavy atom. The minimum Gasteiger partial charge on any atom is -0.369 e. The number of hydrogen-bond donors (Lipinski definition) is 1. The first-order valence-corrected chi connectivity index (χ1v) is 12.0. The van der Waals surface area contributed by atoms with Gasteiger partial charge in [0.05, 0.1) is 5.69 Å². The van der Waals surface area contributed by atoms with Crippen LogP contribution in [0, 0.1) is 20.8 Å². The van der Waals surface area contributed by atoms with Crippen LogP contribution in [0.2, 0.25) is 5.02 Å². The van der Waals surface area contributed by atoms with Gasteiger partial charge >= 0.3 is 0 Å². The summed E-state index contributed by atoms with van der Waals surface area (Å²) < 4.78 is 28.7. The standard InChI is InChI=1S/C20H23ClN4O2S2/c1-13-12-18(23-22-13)19-14(2)28-15(3)20(19)29(26,27)25-10-8-24(9-11-25)17-6-4-16(21)5-7-17/h4-7,12H,8-11H2,1-3H3,(H,22,23). The Morgan fingerprint density at radius 3 is 2.28 bits per heavy atom. The molecule has 0 atom stereocenters. The molecule has 2 aromatic heterocycles. The van der Waals surface area contributed by atoms with Gasteiger partial charge in [-0.1, -0.05) is 11.6 Å². The van der Waals surface area contributed by atoms with E-state index in [1.54, 1.807) is 4.31 Å². The summed E-state index contributed by atoms with van der Waals surface area (Å²) in [5.41, 5.74) is 3.37. The first-order chi connectivity index (χ1) is 13.8. The first-order valence-electron chi connectivity index (χ1n) is 9.40. The average Bonchev–Trinajstić information content (AvgIpc) is 3.24. The van der Waals surface area contributed by atoms with E-state index in [-0.39, 0.29) is 0 Å². The third-order valence-electron chi connectivity index (χ3n) is 5.20. The van der Waals surface area contributed by atoms with E-state index in [4.69, 9.17) is 11.6 Å². The summed E-state index contributed by atoms with van der Waals surface area (Å²) in [4.78, 5) is 4.35. The number of aryl methyl sites for hydroxylation is 3. The molecule has 4 rings (SSSR count). The van der Waals surface area contributed by atoms with Crippen molar-refractivity contribution in [2.24, 2.45) is 0 Å². The Labute approximate surface area is 180 Å². The number of benzene rings is 1. The number of aromatic amines is 1. The predicted molar refractivity (Wildman–Crippen MR) is 119 cm³/mol.